The number of fused-ring (bicyclic) bond motifs is 1. The summed E-state index contributed by atoms with van der Waals surface area (Å²) < 4.78 is 12.2. The van der Waals surface area contributed by atoms with E-state index in [1.807, 2.05) is 30.3 Å². The van der Waals surface area contributed by atoms with E-state index in [9.17, 15) is 4.79 Å². The monoisotopic (exact) mass is 535 g/mol. The third-order valence-corrected chi connectivity index (χ3v) is 7.49. The average Bonchev–Trinajstić information content (AvgIpc) is 3.11. The Morgan fingerprint density at radius 2 is 1.87 bits per heavy atom. The van der Waals surface area contributed by atoms with Crippen molar-refractivity contribution in [1.29, 1.82) is 0 Å². The number of rotatable bonds is 5. The van der Waals surface area contributed by atoms with Crippen LogP contribution in [0, 0.1) is 9.49 Å². The number of likely N-dealkylation sites (N-methyl/N-ethyl adjacent to an activating group) is 1. The number of anilines is 1. The second kappa shape index (κ2) is 9.24. The molecule has 1 heterocycles. The number of likely N-dealkylation sites (tertiary alicyclic amines) is 1. The van der Waals surface area contributed by atoms with E-state index in [-0.39, 0.29) is 17.5 Å². The van der Waals surface area contributed by atoms with Crippen molar-refractivity contribution in [3.8, 4) is 11.5 Å². The summed E-state index contributed by atoms with van der Waals surface area (Å²) in [6, 6.07) is 14.2. The minimum atomic E-state index is -0.129. The van der Waals surface area contributed by atoms with Gasteiger partial charge in [0.25, 0.3) is 0 Å². The Labute approximate surface area is 197 Å². The molecular formula is C24H30IN3O3. The highest BCUT2D eigenvalue weighted by Crippen LogP contribution is 2.49. The van der Waals surface area contributed by atoms with E-state index >= 15 is 0 Å². The summed E-state index contributed by atoms with van der Waals surface area (Å²) in [7, 11) is 5.54. The van der Waals surface area contributed by atoms with Crippen molar-refractivity contribution in [2.24, 2.45) is 5.92 Å². The van der Waals surface area contributed by atoms with Gasteiger partial charge in [0.2, 0.25) is 0 Å². The van der Waals surface area contributed by atoms with Gasteiger partial charge >= 0.3 is 6.03 Å². The lowest BCUT2D eigenvalue weighted by Crippen LogP contribution is -2.48. The number of urea groups is 1. The maximum Gasteiger partial charge on any atom is 0.319 e. The molecule has 2 aromatic carbocycles. The van der Waals surface area contributed by atoms with Crippen LogP contribution in [-0.2, 0) is 5.41 Å². The van der Waals surface area contributed by atoms with Gasteiger partial charge in [0.15, 0.2) is 11.5 Å². The van der Waals surface area contributed by atoms with Gasteiger partial charge in [-0.05, 0) is 96.8 Å². The smallest absolute Gasteiger partial charge is 0.319 e. The van der Waals surface area contributed by atoms with E-state index in [1.165, 1.54) is 5.56 Å². The van der Waals surface area contributed by atoms with E-state index in [0.717, 1.165) is 53.1 Å². The predicted octanol–water partition coefficient (Wildman–Crippen LogP) is 4.48. The SMILES string of the molecule is COc1ccc(C23CCC(NC(=O)Nc4ccc(I)cc4)CC2CN(C)C3)cc1OC. The molecule has 31 heavy (non-hydrogen) atoms. The quantitative estimate of drug-likeness (QED) is 0.555. The van der Waals surface area contributed by atoms with E-state index in [2.05, 4.69) is 57.3 Å². The molecule has 0 bridgehead atoms. The Morgan fingerprint density at radius 3 is 2.58 bits per heavy atom. The number of hydrogen-bond acceptors (Lipinski definition) is 4. The zero-order chi connectivity index (χ0) is 22.0. The van der Waals surface area contributed by atoms with E-state index in [1.54, 1.807) is 14.2 Å². The van der Waals surface area contributed by atoms with Crippen LogP contribution in [0.3, 0.4) is 0 Å². The fraction of sp³-hybridized carbons (Fsp3) is 0.458. The molecule has 1 saturated carbocycles. The predicted molar refractivity (Wildman–Crippen MR) is 131 cm³/mol. The minimum absolute atomic E-state index is 0.0824. The largest absolute Gasteiger partial charge is 0.493 e. The maximum absolute atomic E-state index is 12.6. The van der Waals surface area contributed by atoms with Crippen LogP contribution in [0.5, 0.6) is 11.5 Å². The first kappa shape index (κ1) is 22.2. The lowest BCUT2D eigenvalue weighted by atomic mass is 9.63. The standard InChI is InChI=1S/C24H30IN3O3/c1-28-14-17-12-20(27-23(29)26-19-7-5-18(25)6-8-19)10-11-24(17,15-28)16-4-9-21(30-2)22(13-16)31-3/h4-9,13,17,20H,10-12,14-15H2,1-3H3,(H2,26,27,29). The third-order valence-electron chi connectivity index (χ3n) is 6.77. The van der Waals surface area contributed by atoms with Gasteiger partial charge in [-0.25, -0.2) is 4.79 Å². The maximum atomic E-state index is 12.6. The number of carbonyl (C=O) groups is 1. The molecule has 0 aromatic heterocycles. The van der Waals surface area contributed by atoms with Gasteiger partial charge in [-0.15, -0.1) is 0 Å². The number of benzene rings is 2. The van der Waals surface area contributed by atoms with E-state index in [0.29, 0.717) is 5.92 Å². The van der Waals surface area contributed by atoms with Gasteiger partial charge in [0.1, 0.15) is 0 Å². The van der Waals surface area contributed by atoms with Crippen LogP contribution in [0.1, 0.15) is 24.8 Å². The first-order valence-corrected chi connectivity index (χ1v) is 11.8. The molecule has 2 amide bonds. The summed E-state index contributed by atoms with van der Waals surface area (Å²) in [6.45, 7) is 2.06. The van der Waals surface area contributed by atoms with E-state index < -0.39 is 0 Å². The molecule has 7 heteroatoms. The summed E-state index contributed by atoms with van der Waals surface area (Å²) >= 11 is 2.26. The lowest BCUT2D eigenvalue weighted by Gasteiger charge is -2.42. The first-order valence-electron chi connectivity index (χ1n) is 10.7. The first-order chi connectivity index (χ1) is 14.9. The molecule has 2 aromatic rings. The highest BCUT2D eigenvalue weighted by atomic mass is 127. The lowest BCUT2D eigenvalue weighted by molar-refractivity contribution is 0.197. The number of hydrogen-bond donors (Lipinski definition) is 2. The molecule has 2 N–H and O–H groups in total. The molecule has 3 unspecified atom stereocenters. The molecule has 1 aliphatic heterocycles. The molecule has 6 nitrogen and oxygen atoms in total. The Bertz CT molecular complexity index is 936. The van der Waals surface area contributed by atoms with Gasteiger partial charge in [-0.2, -0.15) is 0 Å². The van der Waals surface area contributed by atoms with Crippen molar-refractivity contribution in [3.63, 3.8) is 0 Å². The van der Waals surface area contributed by atoms with Crippen molar-refractivity contribution in [2.75, 3.05) is 39.7 Å². The Kier molecular flexibility index (Phi) is 6.62. The molecule has 1 aliphatic carbocycles. The van der Waals surface area contributed by atoms with Gasteiger partial charge < -0.3 is 25.0 Å². The van der Waals surface area contributed by atoms with Gasteiger partial charge in [-0.1, -0.05) is 6.07 Å². The van der Waals surface area contributed by atoms with Gasteiger partial charge in [-0.3, -0.25) is 0 Å². The van der Waals surface area contributed by atoms with Gasteiger partial charge in [0, 0.05) is 33.8 Å². The van der Waals surface area contributed by atoms with Gasteiger partial charge in [0.05, 0.1) is 14.2 Å². The molecule has 0 radical (unpaired) electrons. The summed E-state index contributed by atoms with van der Waals surface area (Å²) in [5.41, 5.74) is 2.20. The highest BCUT2D eigenvalue weighted by molar-refractivity contribution is 14.1. The molecule has 0 spiro atoms. The fourth-order valence-corrected chi connectivity index (χ4v) is 5.70. The highest BCUT2D eigenvalue weighted by Gasteiger charge is 2.50. The molecule has 2 aliphatic rings. The minimum Gasteiger partial charge on any atom is -0.493 e. The van der Waals surface area contributed by atoms with E-state index in [4.69, 9.17) is 9.47 Å². The van der Waals surface area contributed by atoms with Crippen molar-refractivity contribution >= 4 is 34.3 Å². The fourth-order valence-electron chi connectivity index (χ4n) is 5.34. The number of nitrogens with zero attached hydrogens (tertiary/aromatic N) is 1. The molecule has 3 atom stereocenters. The number of carbonyl (C=O) groups excluding carboxylic acids is 1. The average molecular weight is 535 g/mol. The zero-order valence-electron chi connectivity index (χ0n) is 18.3. The summed E-state index contributed by atoms with van der Waals surface area (Å²) in [5, 5.41) is 6.16. The number of ether oxygens (including phenoxy) is 2. The van der Waals surface area contributed by atoms with Crippen LogP contribution in [-0.4, -0.2) is 51.3 Å². The van der Waals surface area contributed by atoms with Crippen LogP contribution in [0.2, 0.25) is 0 Å². The Morgan fingerprint density at radius 1 is 1.13 bits per heavy atom. The molecule has 2 fully saturated rings. The Balaban J connectivity index is 1.47. The van der Waals surface area contributed by atoms with Crippen molar-refractivity contribution < 1.29 is 14.3 Å². The Hall–Kier alpha value is -2.00. The second-order valence-electron chi connectivity index (χ2n) is 8.70. The van der Waals surface area contributed by atoms with Crippen LogP contribution in [0.25, 0.3) is 0 Å². The van der Waals surface area contributed by atoms with Crippen molar-refractivity contribution in [1.82, 2.24) is 10.2 Å². The molecule has 166 valence electrons. The van der Waals surface area contributed by atoms with Crippen LogP contribution in [0.15, 0.2) is 42.5 Å². The molecule has 1 saturated heterocycles. The molecular weight excluding hydrogens is 505 g/mol. The summed E-state index contributed by atoms with van der Waals surface area (Å²) in [5.74, 6) is 2.01. The van der Waals surface area contributed by atoms with Crippen LogP contribution in [0.4, 0.5) is 10.5 Å². The topological polar surface area (TPSA) is 62.8 Å². The second-order valence-corrected chi connectivity index (χ2v) is 9.94. The summed E-state index contributed by atoms with van der Waals surface area (Å²) in [4.78, 5) is 15.0. The van der Waals surface area contributed by atoms with Crippen molar-refractivity contribution in [3.05, 3.63) is 51.6 Å². The number of methoxy groups -OCH3 is 2. The number of nitrogens with one attached hydrogen (secondary N) is 2. The normalized spacial score (nSPS) is 25.5. The summed E-state index contributed by atoms with van der Waals surface area (Å²) in [6.07, 6.45) is 2.96. The third kappa shape index (κ3) is 4.62. The van der Waals surface area contributed by atoms with Crippen LogP contribution < -0.4 is 20.1 Å². The number of amides is 2. The van der Waals surface area contributed by atoms with Crippen molar-refractivity contribution in [2.45, 2.75) is 30.7 Å². The number of halogens is 1. The zero-order valence-corrected chi connectivity index (χ0v) is 20.4. The molecule has 4 rings (SSSR count). The van der Waals surface area contributed by atoms with Crippen LogP contribution >= 0.6 is 22.6 Å².